The standard InChI is InChI=1S/C19H23BrN4OS/c1-2-16(12-5-7-14(20)8-6-12)21-17(25)11-26-19-23-22-18(13-3-4-13)24(19)15-9-10-15/h5-8,13,15-16H,2-4,9-11H2,1H3,(H,21,25)/t16-/m0/s1. The smallest absolute Gasteiger partial charge is 0.230 e. The van der Waals surface area contributed by atoms with Crippen LogP contribution in [-0.4, -0.2) is 26.4 Å². The Kier molecular flexibility index (Phi) is 5.36. The van der Waals surface area contributed by atoms with Gasteiger partial charge in [-0.3, -0.25) is 4.79 Å². The molecule has 26 heavy (non-hydrogen) atoms. The number of halogens is 1. The van der Waals surface area contributed by atoms with Gasteiger partial charge in [0, 0.05) is 16.4 Å². The number of nitrogens with one attached hydrogen (secondary N) is 1. The molecule has 0 radical (unpaired) electrons. The van der Waals surface area contributed by atoms with Gasteiger partial charge in [0.25, 0.3) is 0 Å². The summed E-state index contributed by atoms with van der Waals surface area (Å²) in [6.45, 7) is 2.09. The molecule has 2 aromatic rings. The fourth-order valence-corrected chi connectivity index (χ4v) is 4.25. The maximum atomic E-state index is 12.5. The van der Waals surface area contributed by atoms with Crippen LogP contribution in [0.2, 0.25) is 0 Å². The van der Waals surface area contributed by atoms with Crippen LogP contribution in [0.25, 0.3) is 0 Å². The number of aromatic nitrogens is 3. The zero-order chi connectivity index (χ0) is 18.1. The number of thioether (sulfide) groups is 1. The van der Waals surface area contributed by atoms with Crippen LogP contribution in [0, 0.1) is 0 Å². The Labute approximate surface area is 166 Å². The molecule has 1 heterocycles. The van der Waals surface area contributed by atoms with Crippen LogP contribution in [0.3, 0.4) is 0 Å². The first-order chi connectivity index (χ1) is 12.7. The summed E-state index contributed by atoms with van der Waals surface area (Å²) in [6.07, 6.45) is 5.73. The Hall–Kier alpha value is -1.34. The highest BCUT2D eigenvalue weighted by Crippen LogP contribution is 2.45. The number of benzene rings is 1. The Morgan fingerprint density at radius 1 is 1.27 bits per heavy atom. The average Bonchev–Trinajstić information content (AvgIpc) is 3.57. The molecule has 0 spiro atoms. The molecule has 1 amide bonds. The van der Waals surface area contributed by atoms with E-state index in [4.69, 9.17) is 0 Å². The Balaban J connectivity index is 1.37. The van der Waals surface area contributed by atoms with Gasteiger partial charge in [0.1, 0.15) is 5.82 Å². The zero-order valence-corrected chi connectivity index (χ0v) is 17.2. The summed E-state index contributed by atoms with van der Waals surface area (Å²) in [7, 11) is 0. The molecule has 0 saturated heterocycles. The molecule has 0 unspecified atom stereocenters. The number of rotatable bonds is 8. The average molecular weight is 435 g/mol. The minimum Gasteiger partial charge on any atom is -0.349 e. The molecule has 4 rings (SSSR count). The fourth-order valence-electron chi connectivity index (χ4n) is 3.16. The SMILES string of the molecule is CC[C@H](NC(=O)CSc1nnc(C2CC2)n1C1CC1)c1ccc(Br)cc1. The molecule has 2 aliphatic rings. The van der Waals surface area contributed by atoms with Gasteiger partial charge in [-0.2, -0.15) is 0 Å². The van der Waals surface area contributed by atoms with Crippen LogP contribution >= 0.6 is 27.7 Å². The first kappa shape index (κ1) is 18.0. The van der Waals surface area contributed by atoms with E-state index in [1.807, 2.05) is 12.1 Å². The van der Waals surface area contributed by atoms with Crippen molar-refractivity contribution in [2.75, 3.05) is 5.75 Å². The number of nitrogens with zero attached hydrogens (tertiary/aromatic N) is 3. The van der Waals surface area contributed by atoms with Gasteiger partial charge in [0.05, 0.1) is 11.8 Å². The van der Waals surface area contributed by atoms with Crippen molar-refractivity contribution in [2.45, 2.75) is 62.2 Å². The summed E-state index contributed by atoms with van der Waals surface area (Å²) < 4.78 is 3.34. The Bertz CT molecular complexity index is 783. The van der Waals surface area contributed by atoms with Crippen LogP contribution in [0.1, 0.15) is 68.4 Å². The number of carbonyl (C=O) groups excluding carboxylic acids is 1. The number of hydrogen-bond acceptors (Lipinski definition) is 4. The molecule has 7 heteroatoms. The van der Waals surface area contributed by atoms with Crippen molar-refractivity contribution in [1.82, 2.24) is 20.1 Å². The van der Waals surface area contributed by atoms with E-state index in [2.05, 4.69) is 55.1 Å². The predicted octanol–water partition coefficient (Wildman–Crippen LogP) is 4.61. The highest BCUT2D eigenvalue weighted by Gasteiger charge is 2.36. The molecular weight excluding hydrogens is 412 g/mol. The van der Waals surface area contributed by atoms with E-state index in [9.17, 15) is 4.79 Å². The quantitative estimate of drug-likeness (QED) is 0.615. The molecule has 2 saturated carbocycles. The minimum atomic E-state index is 0.0412. The van der Waals surface area contributed by atoms with E-state index in [0.29, 0.717) is 17.7 Å². The van der Waals surface area contributed by atoms with Gasteiger partial charge in [-0.15, -0.1) is 10.2 Å². The van der Waals surface area contributed by atoms with Crippen LogP contribution in [0.5, 0.6) is 0 Å². The van der Waals surface area contributed by atoms with Crippen molar-refractivity contribution in [1.29, 1.82) is 0 Å². The monoisotopic (exact) mass is 434 g/mol. The number of carbonyl (C=O) groups is 1. The summed E-state index contributed by atoms with van der Waals surface area (Å²) in [4.78, 5) is 12.5. The molecule has 1 atom stereocenters. The Morgan fingerprint density at radius 2 is 2.00 bits per heavy atom. The lowest BCUT2D eigenvalue weighted by Crippen LogP contribution is -2.29. The first-order valence-electron chi connectivity index (χ1n) is 9.28. The summed E-state index contributed by atoms with van der Waals surface area (Å²) >= 11 is 4.96. The normalized spacial score (nSPS) is 17.9. The van der Waals surface area contributed by atoms with Crippen LogP contribution in [0.4, 0.5) is 0 Å². The molecule has 1 aromatic heterocycles. The lowest BCUT2D eigenvalue weighted by Gasteiger charge is -2.17. The minimum absolute atomic E-state index is 0.0412. The highest BCUT2D eigenvalue weighted by molar-refractivity contribution is 9.10. The van der Waals surface area contributed by atoms with Crippen molar-refractivity contribution in [3.05, 3.63) is 40.1 Å². The molecule has 2 aliphatic carbocycles. The van der Waals surface area contributed by atoms with Gasteiger partial charge in [0.15, 0.2) is 5.16 Å². The number of hydrogen-bond donors (Lipinski definition) is 1. The van der Waals surface area contributed by atoms with E-state index in [1.165, 1.54) is 37.4 Å². The molecule has 1 aromatic carbocycles. The van der Waals surface area contributed by atoms with E-state index in [1.54, 1.807) is 0 Å². The van der Waals surface area contributed by atoms with Crippen molar-refractivity contribution >= 4 is 33.6 Å². The van der Waals surface area contributed by atoms with Gasteiger partial charge >= 0.3 is 0 Å². The summed E-state index contributed by atoms with van der Waals surface area (Å²) in [5.41, 5.74) is 1.13. The summed E-state index contributed by atoms with van der Waals surface area (Å²) in [5.74, 6) is 2.15. The molecule has 1 N–H and O–H groups in total. The molecule has 0 aliphatic heterocycles. The van der Waals surface area contributed by atoms with Crippen LogP contribution in [-0.2, 0) is 4.79 Å². The molecule has 0 bridgehead atoms. The van der Waals surface area contributed by atoms with Crippen molar-refractivity contribution in [3.8, 4) is 0 Å². The van der Waals surface area contributed by atoms with Gasteiger partial charge in [-0.1, -0.05) is 46.7 Å². The topological polar surface area (TPSA) is 59.8 Å². The molecule has 2 fully saturated rings. The number of amides is 1. The third-order valence-electron chi connectivity index (χ3n) is 4.89. The first-order valence-corrected chi connectivity index (χ1v) is 11.1. The Morgan fingerprint density at radius 3 is 2.62 bits per heavy atom. The maximum Gasteiger partial charge on any atom is 0.230 e. The van der Waals surface area contributed by atoms with E-state index in [0.717, 1.165) is 27.4 Å². The lowest BCUT2D eigenvalue weighted by molar-refractivity contribution is -0.119. The highest BCUT2D eigenvalue weighted by atomic mass is 79.9. The largest absolute Gasteiger partial charge is 0.349 e. The van der Waals surface area contributed by atoms with Crippen molar-refractivity contribution < 1.29 is 4.79 Å². The summed E-state index contributed by atoms with van der Waals surface area (Å²) in [6, 6.07) is 8.72. The fraction of sp³-hybridized carbons (Fsp3) is 0.526. The second-order valence-corrected chi connectivity index (χ2v) is 8.94. The maximum absolute atomic E-state index is 12.5. The lowest BCUT2D eigenvalue weighted by atomic mass is 10.0. The second kappa shape index (κ2) is 7.72. The molecule has 138 valence electrons. The van der Waals surface area contributed by atoms with Gasteiger partial charge in [0.2, 0.25) is 5.91 Å². The zero-order valence-electron chi connectivity index (χ0n) is 14.8. The van der Waals surface area contributed by atoms with E-state index in [-0.39, 0.29) is 11.9 Å². The van der Waals surface area contributed by atoms with Crippen LogP contribution in [0.15, 0.2) is 33.9 Å². The summed E-state index contributed by atoms with van der Waals surface area (Å²) in [5, 5.41) is 12.8. The van der Waals surface area contributed by atoms with Crippen molar-refractivity contribution in [2.24, 2.45) is 0 Å². The molecule has 5 nitrogen and oxygen atoms in total. The third kappa shape index (κ3) is 4.14. The van der Waals surface area contributed by atoms with Gasteiger partial charge < -0.3 is 9.88 Å². The second-order valence-electron chi connectivity index (χ2n) is 7.08. The van der Waals surface area contributed by atoms with Gasteiger partial charge in [-0.25, -0.2) is 0 Å². The predicted molar refractivity (Wildman–Crippen MR) is 106 cm³/mol. The third-order valence-corrected chi connectivity index (χ3v) is 6.37. The molecular formula is C19H23BrN4OS. The van der Waals surface area contributed by atoms with Crippen LogP contribution < -0.4 is 5.32 Å². The van der Waals surface area contributed by atoms with Crippen molar-refractivity contribution in [3.63, 3.8) is 0 Å². The van der Waals surface area contributed by atoms with E-state index >= 15 is 0 Å². The van der Waals surface area contributed by atoms with E-state index < -0.39 is 0 Å². The van der Waals surface area contributed by atoms with Gasteiger partial charge in [-0.05, 0) is 49.8 Å².